The van der Waals surface area contributed by atoms with E-state index in [1.807, 2.05) is 24.3 Å². The molecule has 0 aromatic heterocycles. The highest BCUT2D eigenvalue weighted by Gasteiger charge is 2.58. The van der Waals surface area contributed by atoms with Gasteiger partial charge in [-0.25, -0.2) is 0 Å². The molecule has 0 spiro atoms. The molecule has 5 heteroatoms. The van der Waals surface area contributed by atoms with Crippen LogP contribution < -0.4 is 22.9 Å². The van der Waals surface area contributed by atoms with E-state index in [4.69, 9.17) is 22.9 Å². The Morgan fingerprint density at radius 2 is 1.82 bits per heavy atom. The molecular formula is C12H14N4S. The molecular weight excluding hydrogens is 232 g/mol. The second kappa shape index (κ2) is 3.13. The van der Waals surface area contributed by atoms with Gasteiger partial charge in [0.2, 0.25) is 0 Å². The van der Waals surface area contributed by atoms with Crippen LogP contribution in [-0.2, 0) is 4.75 Å². The van der Waals surface area contributed by atoms with Crippen LogP contribution in [0.1, 0.15) is 5.56 Å². The van der Waals surface area contributed by atoms with Gasteiger partial charge in [-0.3, -0.25) is 0 Å². The second-order valence-corrected chi connectivity index (χ2v) is 5.76. The van der Waals surface area contributed by atoms with E-state index < -0.39 is 0 Å². The van der Waals surface area contributed by atoms with Gasteiger partial charge in [0.05, 0.1) is 27.1 Å². The molecule has 1 aliphatic heterocycles. The summed E-state index contributed by atoms with van der Waals surface area (Å²) in [5.41, 5.74) is 27.1. The van der Waals surface area contributed by atoms with Gasteiger partial charge in [-0.2, -0.15) is 0 Å². The maximum atomic E-state index is 5.98. The van der Waals surface area contributed by atoms with Crippen molar-refractivity contribution < 1.29 is 0 Å². The molecule has 1 fully saturated rings. The normalized spacial score (nSPS) is 30.2. The molecule has 0 saturated carbocycles. The first-order valence-electron chi connectivity index (χ1n) is 5.32. The van der Waals surface area contributed by atoms with Crippen LogP contribution in [0.5, 0.6) is 0 Å². The summed E-state index contributed by atoms with van der Waals surface area (Å²) >= 11 is 1.78. The Kier molecular flexibility index (Phi) is 1.92. The Bertz CT molecular complexity index is 564. The lowest BCUT2D eigenvalue weighted by molar-refractivity contribution is 0.845. The van der Waals surface area contributed by atoms with Crippen molar-refractivity contribution in [1.82, 2.24) is 0 Å². The van der Waals surface area contributed by atoms with E-state index in [-0.39, 0.29) is 10.00 Å². The van der Waals surface area contributed by atoms with E-state index in [1.54, 1.807) is 11.8 Å². The zero-order valence-electron chi connectivity index (χ0n) is 9.18. The number of nitrogen functional groups attached to an aromatic ring is 2. The number of rotatable bonds is 1. The molecule has 1 saturated heterocycles. The molecule has 0 amide bonds. The lowest BCUT2D eigenvalue weighted by Crippen LogP contribution is -2.23. The van der Waals surface area contributed by atoms with Crippen molar-refractivity contribution in [3.63, 3.8) is 0 Å². The number of benzene rings is 1. The van der Waals surface area contributed by atoms with Crippen molar-refractivity contribution in [2.45, 2.75) is 10.00 Å². The molecule has 1 aromatic rings. The summed E-state index contributed by atoms with van der Waals surface area (Å²) in [6, 6.07) is 5.75. The highest BCUT2D eigenvalue weighted by atomic mass is 32.2. The predicted octanol–water partition coefficient (Wildman–Crippen LogP) is 0.860. The van der Waals surface area contributed by atoms with Gasteiger partial charge in [0.15, 0.2) is 0 Å². The number of nitrogens with two attached hydrogens (primary N) is 4. The molecule has 1 aliphatic carbocycles. The summed E-state index contributed by atoms with van der Waals surface area (Å²) in [6.07, 6.45) is 3.97. The monoisotopic (exact) mass is 246 g/mol. The first-order valence-corrected chi connectivity index (χ1v) is 6.20. The van der Waals surface area contributed by atoms with Crippen LogP contribution in [0.4, 0.5) is 11.4 Å². The SMILES string of the molecule is NC1=C(N)C2SC2(c2ccc(N)c(N)c2)C=C1. The fraction of sp³-hybridized carbons (Fsp3) is 0.167. The maximum absolute atomic E-state index is 5.98. The van der Waals surface area contributed by atoms with Gasteiger partial charge in [0, 0.05) is 5.70 Å². The van der Waals surface area contributed by atoms with E-state index in [9.17, 15) is 0 Å². The second-order valence-electron chi connectivity index (χ2n) is 4.38. The Morgan fingerprint density at radius 3 is 2.53 bits per heavy atom. The molecule has 3 rings (SSSR count). The van der Waals surface area contributed by atoms with Gasteiger partial charge in [-0.15, -0.1) is 11.8 Å². The minimum atomic E-state index is -0.0885. The standard InChI is InChI=1S/C12H14N4S/c13-7-2-1-6(5-9(7)15)12-4-3-8(14)10(16)11(12)17-12/h1-5,11H,13-16H2. The third-order valence-electron chi connectivity index (χ3n) is 3.31. The van der Waals surface area contributed by atoms with Gasteiger partial charge in [0.25, 0.3) is 0 Å². The Morgan fingerprint density at radius 1 is 1.06 bits per heavy atom. The van der Waals surface area contributed by atoms with Crippen LogP contribution in [-0.4, -0.2) is 5.25 Å². The van der Waals surface area contributed by atoms with Crippen LogP contribution in [0.2, 0.25) is 0 Å². The molecule has 1 heterocycles. The van der Waals surface area contributed by atoms with Gasteiger partial charge in [0.1, 0.15) is 0 Å². The summed E-state index contributed by atoms with van der Waals surface area (Å²) in [4.78, 5) is 0. The minimum Gasteiger partial charge on any atom is -0.399 e. The van der Waals surface area contributed by atoms with Crippen LogP contribution in [0.25, 0.3) is 0 Å². The van der Waals surface area contributed by atoms with E-state index >= 15 is 0 Å². The molecule has 4 nitrogen and oxygen atoms in total. The van der Waals surface area contributed by atoms with E-state index in [1.165, 1.54) is 0 Å². The predicted molar refractivity (Wildman–Crippen MR) is 72.9 cm³/mol. The van der Waals surface area contributed by atoms with Crippen molar-refractivity contribution in [2.75, 3.05) is 11.5 Å². The lowest BCUT2D eigenvalue weighted by Gasteiger charge is -2.17. The van der Waals surface area contributed by atoms with Crippen molar-refractivity contribution in [3.05, 3.63) is 47.3 Å². The molecule has 8 N–H and O–H groups in total. The zero-order valence-corrected chi connectivity index (χ0v) is 10.00. The summed E-state index contributed by atoms with van der Waals surface area (Å²) in [7, 11) is 0. The molecule has 88 valence electrons. The summed E-state index contributed by atoms with van der Waals surface area (Å²) in [5, 5.41) is 0.232. The van der Waals surface area contributed by atoms with Gasteiger partial charge in [-0.05, 0) is 23.8 Å². The largest absolute Gasteiger partial charge is 0.399 e. The number of fused-ring (bicyclic) bond motifs is 1. The average Bonchev–Trinajstić information content (AvgIpc) is 3.04. The molecule has 2 unspecified atom stereocenters. The van der Waals surface area contributed by atoms with E-state index in [2.05, 4.69) is 6.08 Å². The topological polar surface area (TPSA) is 104 Å². The fourth-order valence-electron chi connectivity index (χ4n) is 2.18. The Labute approximate surface area is 104 Å². The van der Waals surface area contributed by atoms with Gasteiger partial charge in [-0.1, -0.05) is 12.1 Å². The van der Waals surface area contributed by atoms with Gasteiger partial charge >= 0.3 is 0 Å². The molecule has 0 bridgehead atoms. The van der Waals surface area contributed by atoms with E-state index in [0.717, 1.165) is 11.3 Å². The van der Waals surface area contributed by atoms with Crippen molar-refractivity contribution in [3.8, 4) is 0 Å². The first-order chi connectivity index (χ1) is 8.04. The Hall–Kier alpha value is -1.75. The van der Waals surface area contributed by atoms with Crippen LogP contribution in [0, 0.1) is 0 Å². The molecule has 0 radical (unpaired) electrons. The summed E-state index contributed by atoms with van der Waals surface area (Å²) in [6.45, 7) is 0. The average molecular weight is 246 g/mol. The fourth-order valence-corrected chi connectivity index (χ4v) is 3.51. The smallest absolute Gasteiger partial charge is 0.0774 e. The van der Waals surface area contributed by atoms with Crippen LogP contribution in [0.3, 0.4) is 0 Å². The zero-order chi connectivity index (χ0) is 12.2. The third kappa shape index (κ3) is 1.32. The lowest BCUT2D eigenvalue weighted by atomic mass is 9.89. The molecule has 1 aromatic carbocycles. The highest BCUT2D eigenvalue weighted by Crippen LogP contribution is 2.66. The summed E-state index contributed by atoms with van der Waals surface area (Å²) in [5.74, 6) is 0. The maximum Gasteiger partial charge on any atom is 0.0774 e. The number of anilines is 2. The molecule has 2 aliphatic rings. The molecule has 17 heavy (non-hydrogen) atoms. The first kappa shape index (κ1) is 10.4. The van der Waals surface area contributed by atoms with Crippen molar-refractivity contribution in [1.29, 1.82) is 0 Å². The van der Waals surface area contributed by atoms with Crippen LogP contribution >= 0.6 is 11.8 Å². The quantitative estimate of drug-likeness (QED) is 0.434. The number of hydrogen-bond donors (Lipinski definition) is 4. The molecule has 2 atom stereocenters. The number of allylic oxidation sites excluding steroid dienone is 1. The van der Waals surface area contributed by atoms with Crippen LogP contribution in [0.15, 0.2) is 41.7 Å². The van der Waals surface area contributed by atoms with Crippen molar-refractivity contribution >= 4 is 23.1 Å². The minimum absolute atomic E-state index is 0.0885. The number of thioether (sulfide) groups is 1. The highest BCUT2D eigenvalue weighted by molar-refractivity contribution is 8.08. The van der Waals surface area contributed by atoms with Gasteiger partial charge < -0.3 is 22.9 Å². The third-order valence-corrected chi connectivity index (χ3v) is 4.91. The summed E-state index contributed by atoms with van der Waals surface area (Å²) < 4.78 is -0.0885. The van der Waals surface area contributed by atoms with E-state index in [0.29, 0.717) is 17.1 Å². The number of hydrogen-bond acceptors (Lipinski definition) is 5. The van der Waals surface area contributed by atoms with Crippen molar-refractivity contribution in [2.24, 2.45) is 11.5 Å². The Balaban J connectivity index is 2.03.